The molecule has 2 aromatic heterocycles. The van der Waals surface area contributed by atoms with E-state index in [1.165, 1.54) is 12.8 Å². The van der Waals surface area contributed by atoms with Gasteiger partial charge >= 0.3 is 0 Å². The Balaban J connectivity index is 1.64. The van der Waals surface area contributed by atoms with Gasteiger partial charge in [-0.2, -0.15) is 10.1 Å². The fraction of sp³-hybridized carbons (Fsp3) is 0.467. The van der Waals surface area contributed by atoms with Gasteiger partial charge in [-0.1, -0.05) is 0 Å². The van der Waals surface area contributed by atoms with Crippen LogP contribution in [0.2, 0.25) is 0 Å². The highest BCUT2D eigenvalue weighted by Crippen LogP contribution is 2.30. The maximum absolute atomic E-state index is 5.90. The number of nitrogens with two attached hydrogens (primary N) is 1. The van der Waals surface area contributed by atoms with Crippen LogP contribution in [0.1, 0.15) is 24.1 Å². The molecule has 0 aliphatic heterocycles. The Bertz CT molecular complexity index is 633. The van der Waals surface area contributed by atoms with E-state index in [9.17, 15) is 0 Å². The highest BCUT2D eigenvalue weighted by atomic mass is 16.5. The highest BCUT2D eigenvalue weighted by Gasteiger charge is 2.22. The minimum absolute atomic E-state index is 0.523. The second-order valence-electron chi connectivity index (χ2n) is 5.61. The van der Waals surface area contributed by atoms with E-state index in [0.29, 0.717) is 30.6 Å². The Morgan fingerprint density at radius 2 is 2.24 bits per heavy atom. The van der Waals surface area contributed by atoms with Crippen molar-refractivity contribution in [1.82, 2.24) is 14.8 Å². The number of aryl methyl sites for hydroxylation is 2. The fourth-order valence-electron chi connectivity index (χ4n) is 2.15. The zero-order valence-electron chi connectivity index (χ0n) is 12.5. The lowest BCUT2D eigenvalue weighted by Crippen LogP contribution is -2.07. The second kappa shape index (κ2) is 5.63. The molecule has 0 amide bonds. The normalized spacial score (nSPS) is 14.2. The molecule has 0 spiro atoms. The summed E-state index contributed by atoms with van der Waals surface area (Å²) in [5.41, 5.74) is 8.65. The molecule has 1 aliphatic rings. The van der Waals surface area contributed by atoms with Gasteiger partial charge in [0.1, 0.15) is 5.82 Å². The number of hydrogen-bond acceptors (Lipinski definition) is 5. The topological polar surface area (TPSA) is 78.0 Å². The predicted octanol–water partition coefficient (Wildman–Crippen LogP) is 2.11. The first-order chi connectivity index (χ1) is 10.1. The number of ether oxygens (including phenoxy) is 1. The first kappa shape index (κ1) is 13.7. The molecule has 3 N–H and O–H groups in total. The van der Waals surface area contributed by atoms with E-state index >= 15 is 0 Å². The van der Waals surface area contributed by atoms with E-state index < -0.39 is 0 Å². The lowest BCUT2D eigenvalue weighted by molar-refractivity contribution is 0.290. The summed E-state index contributed by atoms with van der Waals surface area (Å²) in [4.78, 5) is 4.44. The van der Waals surface area contributed by atoms with E-state index in [1.54, 1.807) is 0 Å². The molecule has 0 unspecified atom stereocenters. The molecule has 0 radical (unpaired) electrons. The molecule has 6 nitrogen and oxygen atoms in total. The van der Waals surface area contributed by atoms with Crippen molar-refractivity contribution in [3.8, 4) is 5.88 Å². The van der Waals surface area contributed by atoms with Gasteiger partial charge in [-0.25, -0.2) is 0 Å². The molecule has 0 atom stereocenters. The monoisotopic (exact) mass is 287 g/mol. The first-order valence-corrected chi connectivity index (χ1v) is 7.24. The molecule has 2 heterocycles. The molecule has 0 bridgehead atoms. The number of aromatic nitrogens is 3. The molecule has 2 aromatic rings. The van der Waals surface area contributed by atoms with E-state index in [0.717, 1.165) is 17.1 Å². The van der Waals surface area contributed by atoms with Crippen molar-refractivity contribution in [2.24, 2.45) is 13.0 Å². The minimum Gasteiger partial charge on any atom is -0.476 e. The highest BCUT2D eigenvalue weighted by molar-refractivity contribution is 5.53. The Kier molecular flexibility index (Phi) is 3.68. The van der Waals surface area contributed by atoms with Gasteiger partial charge in [-0.3, -0.25) is 4.68 Å². The standard InChI is InChI=1S/C15H21N5O/c1-10-12(8-20(2)19-10)7-17-14-6-5-13(16)15(18-14)21-9-11-3-4-11/h5-6,8,11H,3-4,7,9,16H2,1-2H3,(H,17,18). The largest absolute Gasteiger partial charge is 0.476 e. The SMILES string of the molecule is Cc1nn(C)cc1CNc1ccc(N)c(OCC2CC2)n1. The van der Waals surface area contributed by atoms with Crippen LogP contribution in [0.4, 0.5) is 11.5 Å². The number of nitrogens with one attached hydrogen (secondary N) is 1. The van der Waals surface area contributed by atoms with Crippen molar-refractivity contribution in [3.05, 3.63) is 29.6 Å². The smallest absolute Gasteiger partial charge is 0.239 e. The third-order valence-electron chi connectivity index (χ3n) is 3.62. The van der Waals surface area contributed by atoms with Crippen molar-refractivity contribution in [2.45, 2.75) is 26.3 Å². The maximum atomic E-state index is 5.90. The third kappa shape index (κ3) is 3.45. The van der Waals surface area contributed by atoms with E-state index in [-0.39, 0.29) is 0 Å². The zero-order chi connectivity index (χ0) is 14.8. The number of anilines is 2. The quantitative estimate of drug-likeness (QED) is 0.850. The van der Waals surface area contributed by atoms with E-state index in [4.69, 9.17) is 10.5 Å². The lowest BCUT2D eigenvalue weighted by atomic mass is 10.2. The van der Waals surface area contributed by atoms with Crippen LogP contribution in [0.3, 0.4) is 0 Å². The average molecular weight is 287 g/mol. The molecule has 3 rings (SSSR count). The summed E-state index contributed by atoms with van der Waals surface area (Å²) < 4.78 is 7.50. The van der Waals surface area contributed by atoms with Gasteiger partial charge < -0.3 is 15.8 Å². The van der Waals surface area contributed by atoms with Crippen molar-refractivity contribution in [2.75, 3.05) is 17.7 Å². The summed E-state index contributed by atoms with van der Waals surface area (Å²) in [6.07, 6.45) is 4.50. The summed E-state index contributed by atoms with van der Waals surface area (Å²) in [5, 5.41) is 7.61. The second-order valence-corrected chi connectivity index (χ2v) is 5.61. The van der Waals surface area contributed by atoms with Gasteiger partial charge in [0.05, 0.1) is 18.0 Å². The summed E-state index contributed by atoms with van der Waals surface area (Å²) in [6, 6.07) is 3.69. The maximum Gasteiger partial charge on any atom is 0.239 e. The number of nitrogens with zero attached hydrogens (tertiary/aromatic N) is 3. The fourth-order valence-corrected chi connectivity index (χ4v) is 2.15. The molecule has 1 saturated carbocycles. The van der Waals surface area contributed by atoms with Crippen LogP contribution in [-0.4, -0.2) is 21.4 Å². The van der Waals surface area contributed by atoms with Crippen LogP contribution in [0.5, 0.6) is 5.88 Å². The number of nitrogen functional groups attached to an aromatic ring is 1. The van der Waals surface area contributed by atoms with Crippen LogP contribution in [0, 0.1) is 12.8 Å². The van der Waals surface area contributed by atoms with Crippen LogP contribution in [0.25, 0.3) is 0 Å². The molecule has 0 saturated heterocycles. The van der Waals surface area contributed by atoms with Crippen molar-refractivity contribution in [1.29, 1.82) is 0 Å². The number of rotatable bonds is 6. The van der Waals surface area contributed by atoms with E-state index in [1.807, 2.05) is 37.0 Å². The van der Waals surface area contributed by atoms with Gasteiger partial charge in [-0.15, -0.1) is 0 Å². The van der Waals surface area contributed by atoms with E-state index in [2.05, 4.69) is 15.4 Å². The van der Waals surface area contributed by atoms with Crippen molar-refractivity contribution < 1.29 is 4.74 Å². The third-order valence-corrected chi connectivity index (χ3v) is 3.62. The average Bonchev–Trinajstić information content (AvgIpc) is 3.22. The summed E-state index contributed by atoms with van der Waals surface area (Å²) in [6.45, 7) is 3.39. The molecule has 112 valence electrons. The summed E-state index contributed by atoms with van der Waals surface area (Å²) in [7, 11) is 1.92. The number of hydrogen-bond donors (Lipinski definition) is 2. The number of pyridine rings is 1. The molecule has 6 heteroatoms. The van der Waals surface area contributed by atoms with Crippen LogP contribution >= 0.6 is 0 Å². The Hall–Kier alpha value is -2.24. The van der Waals surface area contributed by atoms with Gasteiger partial charge in [0.2, 0.25) is 5.88 Å². The molecule has 1 aliphatic carbocycles. The van der Waals surface area contributed by atoms with Gasteiger partial charge in [0.15, 0.2) is 0 Å². The van der Waals surface area contributed by atoms with Crippen molar-refractivity contribution in [3.63, 3.8) is 0 Å². The predicted molar refractivity (Wildman–Crippen MR) is 82.1 cm³/mol. The van der Waals surface area contributed by atoms with Gasteiger partial charge in [-0.05, 0) is 37.8 Å². The molecule has 0 aromatic carbocycles. The van der Waals surface area contributed by atoms with Crippen LogP contribution < -0.4 is 15.8 Å². The summed E-state index contributed by atoms with van der Waals surface area (Å²) >= 11 is 0. The van der Waals surface area contributed by atoms with Crippen LogP contribution in [0.15, 0.2) is 18.3 Å². The minimum atomic E-state index is 0.523. The van der Waals surface area contributed by atoms with Crippen LogP contribution in [-0.2, 0) is 13.6 Å². The first-order valence-electron chi connectivity index (χ1n) is 7.24. The molecular weight excluding hydrogens is 266 g/mol. The van der Waals surface area contributed by atoms with Crippen molar-refractivity contribution >= 4 is 11.5 Å². The Morgan fingerprint density at radius 1 is 1.43 bits per heavy atom. The summed E-state index contributed by atoms with van der Waals surface area (Å²) in [5.74, 6) is 1.97. The lowest BCUT2D eigenvalue weighted by Gasteiger charge is -2.10. The Labute approximate surface area is 124 Å². The molecule has 21 heavy (non-hydrogen) atoms. The molecular formula is C15H21N5O. The van der Waals surface area contributed by atoms with Gasteiger partial charge in [0.25, 0.3) is 0 Å². The zero-order valence-corrected chi connectivity index (χ0v) is 12.5. The Morgan fingerprint density at radius 3 is 2.90 bits per heavy atom. The van der Waals surface area contributed by atoms with Gasteiger partial charge in [0, 0.05) is 25.4 Å². The molecule has 1 fully saturated rings.